The van der Waals surface area contributed by atoms with Gasteiger partial charge < -0.3 is 4.74 Å². The Bertz CT molecular complexity index is 628. The van der Waals surface area contributed by atoms with Crippen molar-refractivity contribution >= 4 is 12.0 Å². The first-order chi connectivity index (χ1) is 11.6. The van der Waals surface area contributed by atoms with E-state index in [4.69, 9.17) is 10.3 Å². The molecule has 2 rings (SSSR count). The molecule has 1 aliphatic heterocycles. The highest BCUT2D eigenvalue weighted by Crippen LogP contribution is 2.22. The highest BCUT2D eigenvalue weighted by Gasteiger charge is 2.40. The number of nitrogens with zero attached hydrogens (tertiary/aromatic N) is 4. The molecule has 0 radical (unpaired) electrons. The second-order valence-electron chi connectivity index (χ2n) is 6.10. The van der Waals surface area contributed by atoms with E-state index in [0.717, 1.165) is 16.9 Å². The molecule has 1 aliphatic rings. The zero-order chi connectivity index (χ0) is 17.5. The first-order valence-electron chi connectivity index (χ1n) is 8.14. The van der Waals surface area contributed by atoms with Crippen molar-refractivity contribution < 1.29 is 14.3 Å². The number of carbonyl (C=O) groups excluding carboxylic acids is 2. The summed E-state index contributed by atoms with van der Waals surface area (Å²) in [5.41, 5.74) is 9.77. The molecule has 0 aliphatic carbocycles. The summed E-state index contributed by atoms with van der Waals surface area (Å²) in [6.07, 6.45) is 1.14. The number of hydrogen-bond acceptors (Lipinski definition) is 4. The summed E-state index contributed by atoms with van der Waals surface area (Å²) in [5, 5.41) is 3.61. The van der Waals surface area contributed by atoms with Crippen LogP contribution in [0.5, 0.6) is 0 Å². The van der Waals surface area contributed by atoms with Crippen molar-refractivity contribution in [2.75, 3.05) is 6.61 Å². The Hall–Kier alpha value is -2.53. The molecule has 7 nitrogen and oxygen atoms in total. The van der Waals surface area contributed by atoms with E-state index in [1.165, 1.54) is 0 Å². The van der Waals surface area contributed by atoms with Crippen LogP contribution >= 0.6 is 0 Å². The van der Waals surface area contributed by atoms with E-state index in [9.17, 15) is 9.59 Å². The molecule has 1 saturated heterocycles. The minimum Gasteiger partial charge on any atom is -0.447 e. The van der Waals surface area contributed by atoms with E-state index < -0.39 is 18.0 Å². The van der Waals surface area contributed by atoms with Gasteiger partial charge in [-0.05, 0) is 29.9 Å². The molecule has 3 atom stereocenters. The van der Waals surface area contributed by atoms with E-state index in [1.54, 1.807) is 0 Å². The van der Waals surface area contributed by atoms with Crippen LogP contribution in [-0.4, -0.2) is 35.6 Å². The lowest BCUT2D eigenvalue weighted by Gasteiger charge is -2.24. The number of ether oxygens (including phenoxy) is 1. The fourth-order valence-corrected chi connectivity index (χ4v) is 2.73. The van der Waals surface area contributed by atoms with Gasteiger partial charge in [0.2, 0.25) is 5.91 Å². The van der Waals surface area contributed by atoms with Gasteiger partial charge in [0, 0.05) is 4.91 Å². The lowest BCUT2D eigenvalue weighted by molar-refractivity contribution is -0.130. The van der Waals surface area contributed by atoms with Gasteiger partial charge in [0.05, 0.1) is 6.04 Å². The summed E-state index contributed by atoms with van der Waals surface area (Å²) >= 11 is 0. The maximum absolute atomic E-state index is 12.8. The van der Waals surface area contributed by atoms with Gasteiger partial charge in [0.15, 0.2) is 0 Å². The van der Waals surface area contributed by atoms with Crippen molar-refractivity contribution in [2.45, 2.75) is 45.2 Å². The fraction of sp³-hybridized carbons (Fsp3) is 0.529. The van der Waals surface area contributed by atoms with E-state index in [1.807, 2.05) is 44.2 Å². The molecule has 128 valence electrons. The predicted molar refractivity (Wildman–Crippen MR) is 89.1 cm³/mol. The van der Waals surface area contributed by atoms with E-state index in [-0.39, 0.29) is 18.6 Å². The quantitative estimate of drug-likeness (QED) is 0.433. The number of amides is 2. The summed E-state index contributed by atoms with van der Waals surface area (Å²) in [4.78, 5) is 28.7. The smallest absolute Gasteiger partial charge is 0.416 e. The fourth-order valence-electron chi connectivity index (χ4n) is 2.73. The molecule has 0 bridgehead atoms. The van der Waals surface area contributed by atoms with Gasteiger partial charge in [-0.25, -0.2) is 9.69 Å². The summed E-state index contributed by atoms with van der Waals surface area (Å²) in [5.74, 6) is -0.257. The average molecular weight is 330 g/mol. The van der Waals surface area contributed by atoms with Crippen LogP contribution in [0.3, 0.4) is 0 Å². The minimum atomic E-state index is -0.881. The summed E-state index contributed by atoms with van der Waals surface area (Å²) in [7, 11) is 0. The molecule has 1 heterocycles. The molecular formula is C17H22N4O3. The number of benzene rings is 1. The summed E-state index contributed by atoms with van der Waals surface area (Å²) in [6.45, 7) is 4.15. The number of azide groups is 1. The SMILES string of the molecule is CC[C@H](C)CC(N=[N+]=[N-])C(=O)N1C(=O)OC[C@H]1Cc1ccccc1. The molecule has 1 aromatic carbocycles. The van der Waals surface area contributed by atoms with Crippen LogP contribution in [0, 0.1) is 5.92 Å². The first kappa shape index (κ1) is 17.8. The van der Waals surface area contributed by atoms with Crippen LogP contribution in [0.25, 0.3) is 10.4 Å². The van der Waals surface area contributed by atoms with Crippen LogP contribution in [0.1, 0.15) is 32.3 Å². The molecule has 1 fully saturated rings. The van der Waals surface area contributed by atoms with Gasteiger partial charge in [-0.3, -0.25) is 4.79 Å². The summed E-state index contributed by atoms with van der Waals surface area (Å²) in [6, 6.07) is 8.35. The minimum absolute atomic E-state index is 0.159. The topological polar surface area (TPSA) is 95.4 Å². The highest BCUT2D eigenvalue weighted by molar-refractivity contribution is 5.96. The first-order valence-corrected chi connectivity index (χ1v) is 8.14. The third-order valence-corrected chi connectivity index (χ3v) is 4.31. The lowest BCUT2D eigenvalue weighted by Crippen LogP contribution is -2.45. The third-order valence-electron chi connectivity index (χ3n) is 4.31. The molecule has 1 aromatic rings. The van der Waals surface area contributed by atoms with Crippen molar-refractivity contribution in [1.82, 2.24) is 4.90 Å². The molecule has 0 N–H and O–H groups in total. The van der Waals surface area contributed by atoms with Gasteiger partial charge >= 0.3 is 6.09 Å². The third kappa shape index (κ3) is 4.26. The van der Waals surface area contributed by atoms with Crippen LogP contribution in [0.15, 0.2) is 35.4 Å². The largest absolute Gasteiger partial charge is 0.447 e. The predicted octanol–water partition coefficient (Wildman–Crippen LogP) is 3.69. The zero-order valence-electron chi connectivity index (χ0n) is 14.0. The standard InChI is InChI=1S/C17H22N4O3/c1-3-12(2)9-15(19-20-18)16(22)21-14(11-24-17(21)23)10-13-7-5-4-6-8-13/h4-8,12,14-15H,3,9-11H2,1-2H3/t12-,14+,15?/m0/s1. The van der Waals surface area contributed by atoms with Crippen LogP contribution in [0.2, 0.25) is 0 Å². The van der Waals surface area contributed by atoms with Gasteiger partial charge in [-0.1, -0.05) is 55.7 Å². The average Bonchev–Trinajstić information content (AvgIpc) is 2.95. The van der Waals surface area contributed by atoms with Crippen molar-refractivity contribution in [3.05, 3.63) is 46.3 Å². The Labute approximate surface area is 141 Å². The molecule has 0 saturated carbocycles. The molecular weight excluding hydrogens is 308 g/mol. The summed E-state index contributed by atoms with van der Waals surface area (Å²) < 4.78 is 5.06. The highest BCUT2D eigenvalue weighted by atomic mass is 16.6. The van der Waals surface area contributed by atoms with Crippen LogP contribution < -0.4 is 0 Å². The molecule has 2 amide bonds. The van der Waals surface area contributed by atoms with Gasteiger partial charge in [-0.15, -0.1) is 0 Å². The number of rotatable bonds is 7. The zero-order valence-corrected chi connectivity index (χ0v) is 14.0. The maximum atomic E-state index is 12.8. The Morgan fingerprint density at radius 2 is 2.17 bits per heavy atom. The molecule has 24 heavy (non-hydrogen) atoms. The van der Waals surface area contributed by atoms with Crippen LogP contribution in [0.4, 0.5) is 4.79 Å². The van der Waals surface area contributed by atoms with Gasteiger partial charge in [0.25, 0.3) is 0 Å². The molecule has 0 aromatic heterocycles. The lowest BCUT2D eigenvalue weighted by atomic mass is 9.98. The Morgan fingerprint density at radius 1 is 1.46 bits per heavy atom. The van der Waals surface area contributed by atoms with Crippen molar-refractivity contribution in [3.63, 3.8) is 0 Å². The van der Waals surface area contributed by atoms with Crippen LogP contribution in [-0.2, 0) is 16.0 Å². The Kier molecular flexibility index (Phi) is 6.21. The molecule has 0 spiro atoms. The molecule has 7 heteroatoms. The number of cyclic esters (lactones) is 1. The van der Waals surface area contributed by atoms with Crippen molar-refractivity contribution in [2.24, 2.45) is 11.0 Å². The monoisotopic (exact) mass is 330 g/mol. The van der Waals surface area contributed by atoms with E-state index >= 15 is 0 Å². The van der Waals surface area contributed by atoms with Gasteiger partial charge in [-0.2, -0.15) is 0 Å². The second kappa shape index (κ2) is 8.36. The normalized spacial score (nSPS) is 19.3. The number of imide groups is 1. The van der Waals surface area contributed by atoms with Gasteiger partial charge in [0.1, 0.15) is 12.6 Å². The van der Waals surface area contributed by atoms with Crippen molar-refractivity contribution in [1.29, 1.82) is 0 Å². The second-order valence-corrected chi connectivity index (χ2v) is 6.10. The van der Waals surface area contributed by atoms with Crippen molar-refractivity contribution in [3.8, 4) is 0 Å². The van der Waals surface area contributed by atoms with E-state index in [2.05, 4.69) is 10.0 Å². The Balaban J connectivity index is 2.16. The molecule has 1 unspecified atom stereocenters. The number of carbonyl (C=O) groups is 2. The van der Waals surface area contributed by atoms with E-state index in [0.29, 0.717) is 12.8 Å². The Morgan fingerprint density at radius 3 is 2.79 bits per heavy atom. The number of hydrogen-bond donors (Lipinski definition) is 0. The maximum Gasteiger partial charge on any atom is 0.416 e.